The molecule has 1 aromatic carbocycles. The summed E-state index contributed by atoms with van der Waals surface area (Å²) in [6, 6.07) is 7.91. The van der Waals surface area contributed by atoms with Gasteiger partial charge in [0.1, 0.15) is 5.75 Å². The fourth-order valence-corrected chi connectivity index (χ4v) is 4.69. The third kappa shape index (κ3) is 8.37. The second-order valence-electron chi connectivity index (χ2n) is 7.27. The van der Waals surface area contributed by atoms with Gasteiger partial charge in [0.15, 0.2) is 22.4 Å². The zero-order chi connectivity index (χ0) is 20.0. The molecule has 29 heavy (non-hydrogen) atoms. The SMILES string of the molecule is CN=C(NCCc1ccc(OCC(=O)NC2CC2)cc1)NC1CCS(=O)(=O)C1.I. The van der Waals surface area contributed by atoms with Crippen LogP contribution in [-0.2, 0) is 21.1 Å². The molecule has 0 bridgehead atoms. The average Bonchev–Trinajstić information content (AvgIpc) is 3.41. The minimum absolute atomic E-state index is 0. The number of hydrogen-bond acceptors (Lipinski definition) is 5. The van der Waals surface area contributed by atoms with Gasteiger partial charge in [-0.15, -0.1) is 24.0 Å². The number of nitrogens with zero attached hydrogens (tertiary/aromatic N) is 1. The van der Waals surface area contributed by atoms with Gasteiger partial charge in [0.25, 0.3) is 5.91 Å². The van der Waals surface area contributed by atoms with Crippen molar-refractivity contribution < 1.29 is 17.9 Å². The van der Waals surface area contributed by atoms with E-state index < -0.39 is 9.84 Å². The zero-order valence-corrected chi connectivity index (χ0v) is 19.7. The van der Waals surface area contributed by atoms with Crippen LogP contribution in [0.1, 0.15) is 24.8 Å². The molecule has 1 amide bonds. The van der Waals surface area contributed by atoms with Crippen molar-refractivity contribution in [2.75, 3.05) is 31.7 Å². The third-order valence-corrected chi connectivity index (χ3v) is 6.51. The van der Waals surface area contributed by atoms with Gasteiger partial charge in [-0.25, -0.2) is 8.42 Å². The normalized spacial score (nSPS) is 20.4. The van der Waals surface area contributed by atoms with Crippen molar-refractivity contribution in [2.45, 2.75) is 37.8 Å². The first-order valence-electron chi connectivity index (χ1n) is 9.62. The summed E-state index contributed by atoms with van der Waals surface area (Å²) in [7, 11) is -1.24. The fourth-order valence-electron chi connectivity index (χ4n) is 3.02. The van der Waals surface area contributed by atoms with Gasteiger partial charge in [-0.05, 0) is 43.4 Å². The molecule has 1 saturated carbocycles. The number of guanidine groups is 1. The van der Waals surface area contributed by atoms with E-state index in [4.69, 9.17) is 4.74 Å². The van der Waals surface area contributed by atoms with E-state index in [0.29, 0.717) is 30.7 Å². The van der Waals surface area contributed by atoms with Gasteiger partial charge in [0, 0.05) is 25.7 Å². The smallest absolute Gasteiger partial charge is 0.258 e. The van der Waals surface area contributed by atoms with Gasteiger partial charge in [0.2, 0.25) is 0 Å². The zero-order valence-electron chi connectivity index (χ0n) is 16.5. The van der Waals surface area contributed by atoms with E-state index in [1.807, 2.05) is 24.3 Å². The summed E-state index contributed by atoms with van der Waals surface area (Å²) >= 11 is 0. The monoisotopic (exact) mass is 536 g/mol. The van der Waals surface area contributed by atoms with Crippen molar-refractivity contribution in [3.05, 3.63) is 29.8 Å². The molecule has 0 radical (unpaired) electrons. The number of rotatable bonds is 8. The summed E-state index contributed by atoms with van der Waals surface area (Å²) in [4.78, 5) is 15.8. The molecular weight excluding hydrogens is 507 g/mol. The van der Waals surface area contributed by atoms with Crippen molar-refractivity contribution in [1.29, 1.82) is 0 Å². The Morgan fingerprint density at radius 3 is 2.45 bits per heavy atom. The highest BCUT2D eigenvalue weighted by Gasteiger charge is 2.28. The second-order valence-corrected chi connectivity index (χ2v) is 9.50. The molecule has 1 saturated heterocycles. The van der Waals surface area contributed by atoms with E-state index in [1.165, 1.54) is 0 Å². The predicted octanol–water partition coefficient (Wildman–Crippen LogP) is 0.857. The standard InChI is InChI=1S/C19H28N4O4S.HI/c1-20-19(23-16-9-11-28(25,26)13-16)21-10-8-14-2-6-17(7-3-14)27-12-18(24)22-15-4-5-15;/h2-3,6-7,15-16H,4-5,8-13H2,1H3,(H,22,24)(H2,20,21,23);1H. The number of sulfone groups is 1. The Labute approximate surface area is 189 Å². The minimum Gasteiger partial charge on any atom is -0.484 e. The molecule has 162 valence electrons. The van der Waals surface area contributed by atoms with Gasteiger partial charge in [0.05, 0.1) is 11.5 Å². The van der Waals surface area contributed by atoms with Gasteiger partial charge in [-0.2, -0.15) is 0 Å². The number of amides is 1. The highest BCUT2D eigenvalue weighted by atomic mass is 127. The molecule has 3 N–H and O–H groups in total. The molecule has 0 spiro atoms. The van der Waals surface area contributed by atoms with Gasteiger partial charge >= 0.3 is 0 Å². The molecular formula is C19H29IN4O4S. The summed E-state index contributed by atoms with van der Waals surface area (Å²) in [5, 5.41) is 9.26. The summed E-state index contributed by atoms with van der Waals surface area (Å²) in [5.74, 6) is 1.60. The first kappa shape index (κ1) is 23.7. The van der Waals surface area contributed by atoms with E-state index in [9.17, 15) is 13.2 Å². The van der Waals surface area contributed by atoms with Crippen LogP contribution in [0.3, 0.4) is 0 Å². The van der Waals surface area contributed by atoms with Crippen LogP contribution in [0.25, 0.3) is 0 Å². The summed E-state index contributed by atoms with van der Waals surface area (Å²) < 4.78 is 28.6. The lowest BCUT2D eigenvalue weighted by Gasteiger charge is -2.16. The molecule has 2 fully saturated rings. The lowest BCUT2D eigenvalue weighted by atomic mass is 10.1. The quantitative estimate of drug-likeness (QED) is 0.259. The number of carbonyl (C=O) groups excluding carboxylic acids is 1. The highest BCUT2D eigenvalue weighted by Crippen LogP contribution is 2.18. The van der Waals surface area contributed by atoms with Crippen molar-refractivity contribution in [3.63, 3.8) is 0 Å². The first-order valence-corrected chi connectivity index (χ1v) is 11.4. The number of ether oxygens (including phenoxy) is 1. The molecule has 1 atom stereocenters. The lowest BCUT2D eigenvalue weighted by Crippen LogP contribution is -2.44. The molecule has 0 aromatic heterocycles. The van der Waals surface area contributed by atoms with Gasteiger partial charge in [-0.3, -0.25) is 9.79 Å². The van der Waals surface area contributed by atoms with E-state index in [0.717, 1.165) is 24.8 Å². The topological polar surface area (TPSA) is 109 Å². The Hall–Kier alpha value is -1.56. The van der Waals surface area contributed by atoms with E-state index in [1.54, 1.807) is 7.05 Å². The summed E-state index contributed by atoms with van der Waals surface area (Å²) in [6.07, 6.45) is 3.53. The molecule has 1 heterocycles. The molecule has 1 aliphatic heterocycles. The van der Waals surface area contributed by atoms with Crippen molar-refractivity contribution in [2.24, 2.45) is 4.99 Å². The van der Waals surface area contributed by atoms with Crippen LogP contribution in [0.2, 0.25) is 0 Å². The molecule has 1 unspecified atom stereocenters. The molecule has 8 nitrogen and oxygen atoms in total. The highest BCUT2D eigenvalue weighted by molar-refractivity contribution is 14.0. The van der Waals surface area contributed by atoms with E-state index in [-0.39, 0.29) is 54.0 Å². The van der Waals surface area contributed by atoms with Crippen LogP contribution >= 0.6 is 24.0 Å². The number of aliphatic imine (C=N–C) groups is 1. The Balaban J connectivity index is 0.00000300. The Morgan fingerprint density at radius 1 is 1.14 bits per heavy atom. The van der Waals surface area contributed by atoms with E-state index >= 15 is 0 Å². The lowest BCUT2D eigenvalue weighted by molar-refractivity contribution is -0.123. The van der Waals surface area contributed by atoms with Crippen LogP contribution in [0.15, 0.2) is 29.3 Å². The summed E-state index contributed by atoms with van der Waals surface area (Å²) in [5.41, 5.74) is 1.13. The molecule has 3 rings (SSSR count). The number of hydrogen-bond donors (Lipinski definition) is 3. The van der Waals surface area contributed by atoms with Gasteiger partial charge < -0.3 is 20.7 Å². The number of nitrogens with one attached hydrogen (secondary N) is 3. The van der Waals surface area contributed by atoms with Crippen molar-refractivity contribution >= 4 is 45.7 Å². The first-order chi connectivity index (χ1) is 13.4. The largest absolute Gasteiger partial charge is 0.484 e. The number of halogens is 1. The molecule has 10 heteroatoms. The number of carbonyl (C=O) groups is 1. The van der Waals surface area contributed by atoms with Gasteiger partial charge in [-0.1, -0.05) is 12.1 Å². The summed E-state index contributed by atoms with van der Waals surface area (Å²) in [6.45, 7) is 0.708. The van der Waals surface area contributed by atoms with Crippen molar-refractivity contribution in [1.82, 2.24) is 16.0 Å². The number of benzene rings is 1. The van der Waals surface area contributed by atoms with E-state index in [2.05, 4.69) is 20.9 Å². The van der Waals surface area contributed by atoms with Crippen LogP contribution in [0.5, 0.6) is 5.75 Å². The molecule has 1 aliphatic carbocycles. The van der Waals surface area contributed by atoms with Crippen LogP contribution < -0.4 is 20.7 Å². The minimum atomic E-state index is -2.91. The van der Waals surface area contributed by atoms with Crippen molar-refractivity contribution in [3.8, 4) is 5.75 Å². The molecule has 2 aliphatic rings. The maximum Gasteiger partial charge on any atom is 0.258 e. The maximum absolute atomic E-state index is 11.6. The fraction of sp³-hybridized carbons (Fsp3) is 0.579. The molecule has 1 aromatic rings. The Morgan fingerprint density at radius 2 is 1.86 bits per heavy atom. The van der Waals surface area contributed by atoms with Crippen LogP contribution in [0, 0.1) is 0 Å². The van der Waals surface area contributed by atoms with Crippen LogP contribution in [-0.4, -0.2) is 64.1 Å². The maximum atomic E-state index is 11.6. The Bertz CT molecular complexity index is 810. The predicted molar refractivity (Wildman–Crippen MR) is 124 cm³/mol. The second kappa shape index (κ2) is 11.0. The van der Waals surface area contributed by atoms with Crippen LogP contribution in [0.4, 0.5) is 0 Å². The third-order valence-electron chi connectivity index (χ3n) is 4.74. The average molecular weight is 536 g/mol. The Kier molecular flexibility index (Phi) is 9.00.